The van der Waals surface area contributed by atoms with Crippen molar-refractivity contribution >= 4 is 23.5 Å². The molecule has 136 valence electrons. The second-order valence-corrected chi connectivity index (χ2v) is 5.79. The van der Waals surface area contributed by atoms with Gasteiger partial charge in [0, 0.05) is 14.1 Å². The van der Waals surface area contributed by atoms with Crippen LogP contribution in [0, 0.1) is 0 Å². The minimum atomic E-state index is -1.25. The lowest BCUT2D eigenvalue weighted by Gasteiger charge is -2.16. The molecule has 0 bridgehead atoms. The minimum Gasteiger partial charge on any atom is -0.479 e. The summed E-state index contributed by atoms with van der Waals surface area (Å²) in [4.78, 5) is 18.6. The number of methoxy groups -OCH3 is 1. The zero-order valence-corrected chi connectivity index (χ0v) is 14.0. The van der Waals surface area contributed by atoms with Crippen LogP contribution in [0.2, 0.25) is 0 Å². The number of nitrogens with zero attached hydrogens (tertiary/aromatic N) is 6. The van der Waals surface area contributed by atoms with Gasteiger partial charge in [0.2, 0.25) is 5.88 Å². The van der Waals surface area contributed by atoms with Gasteiger partial charge in [-0.2, -0.15) is 9.97 Å². The maximum absolute atomic E-state index is 10.2. The summed E-state index contributed by atoms with van der Waals surface area (Å²) in [6, 6.07) is 0. The van der Waals surface area contributed by atoms with Crippen LogP contribution < -0.4 is 4.74 Å². The molecule has 11 nitrogen and oxygen atoms in total. The molecule has 2 unspecified atom stereocenters. The number of aliphatic hydroxyl groups excluding tert-OH is 3. The van der Waals surface area contributed by atoms with Gasteiger partial charge >= 0.3 is 0 Å². The molecule has 0 radical (unpaired) electrons. The average Bonchev–Trinajstić information content (AvgIpc) is 3.14. The van der Waals surface area contributed by atoms with E-state index in [1.165, 1.54) is 24.3 Å². The predicted molar refractivity (Wildman–Crippen MR) is 86.7 cm³/mol. The normalized spacial score (nSPS) is 26.6. The highest BCUT2D eigenvalue weighted by molar-refractivity contribution is 5.78. The van der Waals surface area contributed by atoms with Crippen LogP contribution in [0.1, 0.15) is 6.23 Å². The first-order valence-electron chi connectivity index (χ1n) is 7.58. The highest BCUT2D eigenvalue weighted by atomic mass is 16.6. The fourth-order valence-electron chi connectivity index (χ4n) is 2.54. The largest absolute Gasteiger partial charge is 0.479 e. The van der Waals surface area contributed by atoms with Gasteiger partial charge in [-0.15, -0.1) is 0 Å². The Kier molecular flexibility index (Phi) is 4.81. The molecule has 1 aliphatic heterocycles. The second kappa shape index (κ2) is 6.88. The van der Waals surface area contributed by atoms with Crippen LogP contribution in [0.5, 0.6) is 5.88 Å². The van der Waals surface area contributed by atoms with Gasteiger partial charge in [-0.25, -0.2) is 9.98 Å². The van der Waals surface area contributed by atoms with Crippen LogP contribution in [0.25, 0.3) is 11.2 Å². The van der Waals surface area contributed by atoms with E-state index in [0.717, 1.165) is 0 Å². The first-order valence-corrected chi connectivity index (χ1v) is 7.58. The third-order valence-electron chi connectivity index (χ3n) is 3.77. The number of aliphatic hydroxyl groups is 3. The van der Waals surface area contributed by atoms with Crippen LogP contribution >= 0.6 is 0 Å². The molecule has 1 fully saturated rings. The molecule has 3 rings (SSSR count). The maximum atomic E-state index is 10.2. The summed E-state index contributed by atoms with van der Waals surface area (Å²) < 4.78 is 12.2. The van der Waals surface area contributed by atoms with Crippen molar-refractivity contribution in [1.82, 2.24) is 24.4 Å². The fraction of sp³-hybridized carbons (Fsp3) is 0.571. The molecular formula is C14H20N6O5. The molecule has 0 spiro atoms. The Morgan fingerprint density at radius 1 is 1.36 bits per heavy atom. The van der Waals surface area contributed by atoms with E-state index in [1.54, 1.807) is 4.90 Å². The Bertz CT molecular complexity index is 778. The Morgan fingerprint density at radius 2 is 2.12 bits per heavy atom. The average molecular weight is 352 g/mol. The second-order valence-electron chi connectivity index (χ2n) is 5.79. The highest BCUT2D eigenvalue weighted by Gasteiger charge is 2.44. The summed E-state index contributed by atoms with van der Waals surface area (Å²) >= 11 is 0. The number of aromatic nitrogens is 4. The quantitative estimate of drug-likeness (QED) is 0.441. The molecule has 3 heterocycles. The van der Waals surface area contributed by atoms with Crippen molar-refractivity contribution in [1.29, 1.82) is 0 Å². The Morgan fingerprint density at radius 3 is 2.72 bits per heavy atom. The number of imidazole rings is 1. The van der Waals surface area contributed by atoms with E-state index < -0.39 is 31.1 Å². The lowest BCUT2D eigenvalue weighted by atomic mass is 10.1. The zero-order chi connectivity index (χ0) is 18.1. The first kappa shape index (κ1) is 17.5. The lowest BCUT2D eigenvalue weighted by Crippen LogP contribution is -2.33. The molecular weight excluding hydrogens is 332 g/mol. The summed E-state index contributed by atoms with van der Waals surface area (Å²) in [5.74, 6) is 0.368. The third kappa shape index (κ3) is 3.14. The van der Waals surface area contributed by atoms with Crippen molar-refractivity contribution in [2.75, 3.05) is 27.8 Å². The number of ether oxygens (including phenoxy) is 2. The van der Waals surface area contributed by atoms with Crippen LogP contribution in [-0.4, -0.2) is 92.2 Å². The third-order valence-corrected chi connectivity index (χ3v) is 3.77. The molecule has 2 aromatic rings. The summed E-state index contributed by atoms with van der Waals surface area (Å²) in [6.07, 6.45) is -1.38. The monoisotopic (exact) mass is 352 g/mol. The van der Waals surface area contributed by atoms with E-state index in [0.29, 0.717) is 11.2 Å². The topological polar surface area (TPSA) is 138 Å². The van der Waals surface area contributed by atoms with Gasteiger partial charge in [0.25, 0.3) is 5.95 Å². The zero-order valence-electron chi connectivity index (χ0n) is 14.0. The van der Waals surface area contributed by atoms with E-state index in [2.05, 4.69) is 19.9 Å². The van der Waals surface area contributed by atoms with Crippen molar-refractivity contribution < 1.29 is 24.8 Å². The van der Waals surface area contributed by atoms with Crippen molar-refractivity contribution in [3.05, 3.63) is 6.33 Å². The molecule has 0 aromatic carbocycles. The summed E-state index contributed by atoms with van der Waals surface area (Å²) in [5, 5.41) is 29.4. The van der Waals surface area contributed by atoms with Gasteiger partial charge in [0.05, 0.1) is 26.4 Å². The molecule has 1 saturated heterocycles. The van der Waals surface area contributed by atoms with Gasteiger partial charge in [0.1, 0.15) is 18.3 Å². The number of aliphatic imine (C=N–C) groups is 1. The maximum Gasteiger partial charge on any atom is 0.256 e. The first-order chi connectivity index (χ1) is 12.0. The summed E-state index contributed by atoms with van der Waals surface area (Å²) in [5.41, 5.74) is 0.691. The molecule has 4 atom stereocenters. The van der Waals surface area contributed by atoms with Gasteiger partial charge in [-0.3, -0.25) is 4.57 Å². The molecule has 2 aromatic heterocycles. The van der Waals surface area contributed by atoms with Gasteiger partial charge < -0.3 is 29.7 Å². The standard InChI is InChI=1S/C14H20N6O5/c1-19(2)5-16-14-17-11-8(12(18-14)24-3)15-6-20(11)13-10(23)9(22)7(4-21)25-13/h5-7,9-10,13,21-23H,4H2,1-3H3/t7-,9?,10?,13-/m1/s1. The smallest absolute Gasteiger partial charge is 0.256 e. The molecule has 0 saturated carbocycles. The van der Waals surface area contributed by atoms with Crippen molar-refractivity contribution in [3.8, 4) is 5.88 Å². The molecule has 25 heavy (non-hydrogen) atoms. The van der Waals surface area contributed by atoms with E-state index in [9.17, 15) is 15.3 Å². The van der Waals surface area contributed by atoms with Crippen molar-refractivity contribution in [3.63, 3.8) is 0 Å². The van der Waals surface area contributed by atoms with Crippen LogP contribution in [-0.2, 0) is 4.74 Å². The number of hydrogen-bond donors (Lipinski definition) is 3. The van der Waals surface area contributed by atoms with Gasteiger partial charge in [0.15, 0.2) is 17.4 Å². The van der Waals surface area contributed by atoms with Crippen LogP contribution in [0.15, 0.2) is 11.3 Å². The molecule has 1 aliphatic rings. The Balaban J connectivity index is 2.06. The van der Waals surface area contributed by atoms with E-state index in [4.69, 9.17) is 9.47 Å². The highest BCUT2D eigenvalue weighted by Crippen LogP contribution is 2.33. The summed E-state index contributed by atoms with van der Waals surface area (Å²) in [7, 11) is 5.07. The molecule has 3 N–H and O–H groups in total. The van der Waals surface area contributed by atoms with E-state index >= 15 is 0 Å². The lowest BCUT2D eigenvalue weighted by molar-refractivity contribution is -0.0511. The Hall–Kier alpha value is -2.34. The summed E-state index contributed by atoms with van der Waals surface area (Å²) in [6.45, 7) is -0.419. The number of hydrogen-bond acceptors (Lipinski definition) is 9. The molecule has 0 aliphatic carbocycles. The minimum absolute atomic E-state index is 0.145. The van der Waals surface area contributed by atoms with Crippen molar-refractivity contribution in [2.45, 2.75) is 24.5 Å². The van der Waals surface area contributed by atoms with Gasteiger partial charge in [-0.1, -0.05) is 0 Å². The molecule has 0 amide bonds. The van der Waals surface area contributed by atoms with Crippen molar-refractivity contribution in [2.24, 2.45) is 4.99 Å². The molecule has 11 heteroatoms. The van der Waals surface area contributed by atoms with Crippen LogP contribution in [0.4, 0.5) is 5.95 Å². The predicted octanol–water partition coefficient (Wildman–Crippen LogP) is -1.33. The SMILES string of the molecule is COc1nc(N=CN(C)C)nc2c1ncn2[C@@H]1O[C@H](CO)C(O)C1O. The van der Waals surface area contributed by atoms with E-state index in [-0.39, 0.29) is 11.8 Å². The van der Waals surface area contributed by atoms with E-state index in [1.807, 2.05) is 14.1 Å². The fourth-order valence-corrected chi connectivity index (χ4v) is 2.54. The number of fused-ring (bicyclic) bond motifs is 1. The van der Waals surface area contributed by atoms with Gasteiger partial charge in [-0.05, 0) is 0 Å². The van der Waals surface area contributed by atoms with Crippen LogP contribution in [0.3, 0.4) is 0 Å². The Labute approximate surface area is 143 Å². The number of rotatable bonds is 5.